The van der Waals surface area contributed by atoms with Crippen LogP contribution < -0.4 is 0 Å². The molecule has 0 aliphatic carbocycles. The van der Waals surface area contributed by atoms with Crippen LogP contribution in [0.15, 0.2) is 24.5 Å². The number of rotatable bonds is 2. The van der Waals surface area contributed by atoms with Crippen molar-refractivity contribution in [2.75, 3.05) is 0 Å². The number of aliphatic hydroxyl groups excluding tert-OH is 1. The average Bonchev–Trinajstić information content (AvgIpc) is 2.63. The molecule has 0 bridgehead atoms. The van der Waals surface area contributed by atoms with Crippen molar-refractivity contribution in [1.82, 2.24) is 14.8 Å². The Morgan fingerprint density at radius 1 is 1.20 bits per heavy atom. The SMILES string of the molecule is Cc1cc(C)cc(-n2cnnc2CO)c1. The van der Waals surface area contributed by atoms with E-state index in [4.69, 9.17) is 5.11 Å². The maximum Gasteiger partial charge on any atom is 0.163 e. The zero-order valence-electron chi connectivity index (χ0n) is 8.81. The van der Waals surface area contributed by atoms with Crippen LogP contribution in [0.3, 0.4) is 0 Å². The minimum atomic E-state index is -0.104. The topological polar surface area (TPSA) is 50.9 Å². The van der Waals surface area contributed by atoms with Gasteiger partial charge in [-0.05, 0) is 37.1 Å². The number of aliphatic hydroxyl groups is 1. The molecule has 0 amide bonds. The van der Waals surface area contributed by atoms with E-state index in [1.54, 1.807) is 10.9 Å². The van der Waals surface area contributed by atoms with Gasteiger partial charge in [-0.25, -0.2) is 0 Å². The Morgan fingerprint density at radius 3 is 2.47 bits per heavy atom. The van der Waals surface area contributed by atoms with Crippen LogP contribution in [0.5, 0.6) is 0 Å². The Hall–Kier alpha value is -1.68. The number of nitrogens with zero attached hydrogens (tertiary/aromatic N) is 3. The van der Waals surface area contributed by atoms with Gasteiger partial charge in [0.2, 0.25) is 0 Å². The Bertz CT molecular complexity index is 456. The minimum absolute atomic E-state index is 0.104. The van der Waals surface area contributed by atoms with Gasteiger partial charge in [0.05, 0.1) is 0 Å². The summed E-state index contributed by atoms with van der Waals surface area (Å²) in [6.45, 7) is 3.98. The van der Waals surface area contributed by atoms with Crippen molar-refractivity contribution in [2.45, 2.75) is 20.5 Å². The molecule has 0 radical (unpaired) electrons. The van der Waals surface area contributed by atoms with E-state index in [0.717, 1.165) is 5.69 Å². The molecule has 0 unspecified atom stereocenters. The van der Waals surface area contributed by atoms with E-state index in [2.05, 4.69) is 16.3 Å². The third-order valence-corrected chi connectivity index (χ3v) is 2.24. The van der Waals surface area contributed by atoms with Gasteiger partial charge in [-0.2, -0.15) is 0 Å². The summed E-state index contributed by atoms with van der Waals surface area (Å²) >= 11 is 0. The molecule has 15 heavy (non-hydrogen) atoms. The highest BCUT2D eigenvalue weighted by molar-refractivity contribution is 5.39. The lowest BCUT2D eigenvalue weighted by atomic mass is 10.1. The predicted octanol–water partition coefficient (Wildman–Crippen LogP) is 1.38. The second-order valence-electron chi connectivity index (χ2n) is 3.62. The lowest BCUT2D eigenvalue weighted by Gasteiger charge is -2.07. The fourth-order valence-corrected chi connectivity index (χ4v) is 1.67. The van der Waals surface area contributed by atoms with Gasteiger partial charge in [-0.3, -0.25) is 4.57 Å². The summed E-state index contributed by atoms with van der Waals surface area (Å²) in [6.07, 6.45) is 1.61. The molecule has 0 aliphatic rings. The zero-order chi connectivity index (χ0) is 10.8. The van der Waals surface area contributed by atoms with Crippen molar-refractivity contribution < 1.29 is 5.11 Å². The fraction of sp³-hybridized carbons (Fsp3) is 0.273. The van der Waals surface area contributed by atoms with E-state index in [-0.39, 0.29) is 6.61 Å². The Morgan fingerprint density at radius 2 is 1.87 bits per heavy atom. The van der Waals surface area contributed by atoms with Crippen molar-refractivity contribution in [3.8, 4) is 5.69 Å². The van der Waals surface area contributed by atoms with E-state index < -0.39 is 0 Å². The molecule has 2 rings (SSSR count). The van der Waals surface area contributed by atoms with E-state index >= 15 is 0 Å². The first kappa shape index (κ1) is 9.86. The first-order chi connectivity index (χ1) is 7.20. The molecule has 0 fully saturated rings. The van der Waals surface area contributed by atoms with Crippen molar-refractivity contribution in [3.63, 3.8) is 0 Å². The summed E-state index contributed by atoms with van der Waals surface area (Å²) in [5, 5.41) is 16.7. The molecule has 1 aromatic carbocycles. The largest absolute Gasteiger partial charge is 0.388 e. The second kappa shape index (κ2) is 3.82. The maximum atomic E-state index is 9.08. The molecule has 0 aliphatic heterocycles. The second-order valence-corrected chi connectivity index (χ2v) is 3.62. The van der Waals surface area contributed by atoms with E-state index in [1.165, 1.54) is 11.1 Å². The summed E-state index contributed by atoms with van der Waals surface area (Å²) < 4.78 is 1.79. The van der Waals surface area contributed by atoms with Gasteiger partial charge < -0.3 is 5.11 Å². The first-order valence-electron chi connectivity index (χ1n) is 4.79. The van der Waals surface area contributed by atoms with Crippen LogP contribution in [0.25, 0.3) is 5.69 Å². The number of hydrogen-bond acceptors (Lipinski definition) is 3. The smallest absolute Gasteiger partial charge is 0.163 e. The zero-order valence-corrected chi connectivity index (χ0v) is 8.81. The molecule has 0 spiro atoms. The van der Waals surface area contributed by atoms with Gasteiger partial charge in [0, 0.05) is 5.69 Å². The first-order valence-corrected chi connectivity index (χ1v) is 4.79. The normalized spacial score (nSPS) is 10.6. The quantitative estimate of drug-likeness (QED) is 0.802. The van der Waals surface area contributed by atoms with Crippen LogP contribution in [0.4, 0.5) is 0 Å². The average molecular weight is 203 g/mol. The molecule has 4 heteroatoms. The van der Waals surface area contributed by atoms with Crippen molar-refractivity contribution in [2.24, 2.45) is 0 Å². The Labute approximate surface area is 88.2 Å². The summed E-state index contributed by atoms with van der Waals surface area (Å²) in [6, 6.07) is 6.18. The minimum Gasteiger partial charge on any atom is -0.388 e. The third kappa shape index (κ3) is 1.89. The molecule has 78 valence electrons. The van der Waals surface area contributed by atoms with Crippen LogP contribution in [0, 0.1) is 13.8 Å². The predicted molar refractivity (Wildman–Crippen MR) is 56.8 cm³/mol. The molecule has 1 N–H and O–H groups in total. The molecule has 0 atom stereocenters. The van der Waals surface area contributed by atoms with Crippen LogP contribution in [0.2, 0.25) is 0 Å². The highest BCUT2D eigenvalue weighted by Crippen LogP contribution is 2.14. The van der Waals surface area contributed by atoms with Gasteiger partial charge in [0.15, 0.2) is 5.82 Å². The van der Waals surface area contributed by atoms with Gasteiger partial charge >= 0.3 is 0 Å². The Kier molecular flexibility index (Phi) is 2.51. The molecule has 4 nitrogen and oxygen atoms in total. The van der Waals surface area contributed by atoms with Crippen LogP contribution >= 0.6 is 0 Å². The summed E-state index contributed by atoms with van der Waals surface area (Å²) in [5.74, 6) is 0.556. The number of hydrogen-bond donors (Lipinski definition) is 1. The molecule has 1 heterocycles. The molecular weight excluding hydrogens is 190 g/mol. The van der Waals surface area contributed by atoms with E-state index in [0.29, 0.717) is 5.82 Å². The van der Waals surface area contributed by atoms with Crippen LogP contribution in [-0.2, 0) is 6.61 Å². The number of benzene rings is 1. The lowest BCUT2D eigenvalue weighted by Crippen LogP contribution is -2.00. The van der Waals surface area contributed by atoms with Gasteiger partial charge in [-0.15, -0.1) is 10.2 Å². The monoisotopic (exact) mass is 203 g/mol. The summed E-state index contributed by atoms with van der Waals surface area (Å²) in [4.78, 5) is 0. The molecule has 1 aromatic heterocycles. The van der Waals surface area contributed by atoms with E-state index in [1.807, 2.05) is 26.0 Å². The molecule has 2 aromatic rings. The van der Waals surface area contributed by atoms with Crippen molar-refractivity contribution in [3.05, 3.63) is 41.5 Å². The standard InChI is InChI=1S/C11H13N3O/c1-8-3-9(2)5-10(4-8)14-7-12-13-11(14)6-15/h3-5,7,15H,6H2,1-2H3. The van der Waals surface area contributed by atoms with Gasteiger partial charge in [0.1, 0.15) is 12.9 Å². The summed E-state index contributed by atoms with van der Waals surface area (Å²) in [5.41, 5.74) is 3.35. The number of aromatic nitrogens is 3. The fourth-order valence-electron chi connectivity index (χ4n) is 1.67. The van der Waals surface area contributed by atoms with Crippen molar-refractivity contribution in [1.29, 1.82) is 0 Å². The third-order valence-electron chi connectivity index (χ3n) is 2.24. The van der Waals surface area contributed by atoms with E-state index in [9.17, 15) is 0 Å². The maximum absolute atomic E-state index is 9.08. The lowest BCUT2D eigenvalue weighted by molar-refractivity contribution is 0.269. The highest BCUT2D eigenvalue weighted by atomic mass is 16.3. The molecule has 0 saturated carbocycles. The molecule has 0 saturated heterocycles. The molecular formula is C11H13N3O. The van der Waals surface area contributed by atoms with Gasteiger partial charge in [-0.1, -0.05) is 6.07 Å². The van der Waals surface area contributed by atoms with Gasteiger partial charge in [0.25, 0.3) is 0 Å². The Balaban J connectivity index is 2.53. The van der Waals surface area contributed by atoms with Crippen LogP contribution in [0.1, 0.15) is 17.0 Å². The highest BCUT2D eigenvalue weighted by Gasteiger charge is 2.05. The summed E-state index contributed by atoms with van der Waals surface area (Å²) in [7, 11) is 0. The van der Waals surface area contributed by atoms with Crippen molar-refractivity contribution >= 4 is 0 Å². The number of aryl methyl sites for hydroxylation is 2. The van der Waals surface area contributed by atoms with Crippen LogP contribution in [-0.4, -0.2) is 19.9 Å².